The Bertz CT molecular complexity index is 1690. The fourth-order valence-corrected chi connectivity index (χ4v) is 4.96. The first-order valence-corrected chi connectivity index (χ1v) is 15.1. The largest absolute Gasteiger partial charge is 0.495 e. The van der Waals surface area contributed by atoms with Gasteiger partial charge < -0.3 is 34.9 Å². The molecule has 10 heteroatoms. The SMILES string of the molecule is COc1cc(C(=O)N(C)c2ccccc2COCc2ccc(C3=NCCO3)cc2)ccc1NC(=O)c1ccccc1OCCCN. The third-order valence-corrected chi connectivity index (χ3v) is 7.40. The Morgan fingerprint density at radius 1 is 0.957 bits per heavy atom. The summed E-state index contributed by atoms with van der Waals surface area (Å²) in [6.07, 6.45) is 0.674. The topological polar surface area (TPSA) is 125 Å². The molecule has 0 radical (unpaired) electrons. The van der Waals surface area contributed by atoms with E-state index in [0.29, 0.717) is 80.1 Å². The van der Waals surface area contributed by atoms with Crippen molar-refractivity contribution in [3.63, 3.8) is 0 Å². The van der Waals surface area contributed by atoms with E-state index >= 15 is 0 Å². The summed E-state index contributed by atoms with van der Waals surface area (Å²) in [6.45, 7) is 2.94. The molecule has 0 aromatic heterocycles. The molecule has 10 nitrogen and oxygen atoms in total. The first kappa shape index (κ1) is 32.2. The molecular formula is C36H38N4O6. The molecule has 238 valence electrons. The van der Waals surface area contributed by atoms with Gasteiger partial charge in [0, 0.05) is 29.4 Å². The molecule has 0 unspecified atom stereocenters. The van der Waals surface area contributed by atoms with Gasteiger partial charge >= 0.3 is 0 Å². The van der Waals surface area contributed by atoms with Gasteiger partial charge in [0.15, 0.2) is 0 Å². The van der Waals surface area contributed by atoms with Gasteiger partial charge in [0.25, 0.3) is 11.8 Å². The zero-order chi connectivity index (χ0) is 32.3. The van der Waals surface area contributed by atoms with E-state index in [9.17, 15) is 9.59 Å². The smallest absolute Gasteiger partial charge is 0.259 e. The van der Waals surface area contributed by atoms with Crippen molar-refractivity contribution in [1.82, 2.24) is 0 Å². The fraction of sp³-hybridized carbons (Fsp3) is 0.250. The number of methoxy groups -OCH3 is 1. The Morgan fingerprint density at radius 2 is 1.74 bits per heavy atom. The van der Waals surface area contributed by atoms with Crippen molar-refractivity contribution < 1.29 is 28.5 Å². The maximum atomic E-state index is 13.6. The van der Waals surface area contributed by atoms with Crippen molar-refractivity contribution in [3.8, 4) is 11.5 Å². The number of rotatable bonds is 14. The Morgan fingerprint density at radius 3 is 2.50 bits per heavy atom. The van der Waals surface area contributed by atoms with E-state index in [1.165, 1.54) is 7.11 Å². The fourth-order valence-electron chi connectivity index (χ4n) is 4.96. The summed E-state index contributed by atoms with van der Waals surface area (Å²) >= 11 is 0. The van der Waals surface area contributed by atoms with Gasteiger partial charge in [-0.25, -0.2) is 4.99 Å². The summed E-state index contributed by atoms with van der Waals surface area (Å²) in [5, 5.41) is 2.88. The summed E-state index contributed by atoms with van der Waals surface area (Å²) < 4.78 is 22.9. The molecule has 0 saturated carbocycles. The van der Waals surface area contributed by atoms with Crippen LogP contribution < -0.4 is 25.4 Å². The van der Waals surface area contributed by atoms with Crippen LogP contribution in [0.1, 0.15) is 43.8 Å². The molecule has 4 aromatic carbocycles. The number of nitrogens with one attached hydrogen (secondary N) is 1. The summed E-state index contributed by atoms with van der Waals surface area (Å²) in [5.41, 5.74) is 10.3. The first-order valence-electron chi connectivity index (χ1n) is 15.1. The van der Waals surface area contributed by atoms with Crippen molar-refractivity contribution in [2.45, 2.75) is 19.6 Å². The number of amides is 2. The number of hydrogen-bond donors (Lipinski definition) is 2. The molecule has 46 heavy (non-hydrogen) atoms. The molecule has 5 rings (SSSR count). The van der Waals surface area contributed by atoms with Gasteiger partial charge in [-0.1, -0.05) is 42.5 Å². The van der Waals surface area contributed by atoms with Crippen LogP contribution >= 0.6 is 0 Å². The first-order chi connectivity index (χ1) is 22.5. The standard InChI is InChI=1S/C36H38N4O6/c1-40(31-10-5-3-8-28(31)24-44-23-25-12-14-26(15-13-25)35-38-19-21-46-35)36(42)27-16-17-30(33(22-27)43-2)39-34(41)29-9-4-6-11-32(29)45-20-7-18-37/h3-6,8-17,22H,7,18-21,23-24,37H2,1-2H3,(H,39,41). The van der Waals surface area contributed by atoms with Crippen LogP contribution in [0.4, 0.5) is 11.4 Å². The molecule has 3 N–H and O–H groups in total. The van der Waals surface area contributed by atoms with Crippen LogP contribution in [0.5, 0.6) is 11.5 Å². The summed E-state index contributed by atoms with van der Waals surface area (Å²) in [5.74, 6) is 0.890. The molecule has 4 aromatic rings. The van der Waals surface area contributed by atoms with E-state index in [4.69, 9.17) is 24.7 Å². The van der Waals surface area contributed by atoms with Crippen molar-refractivity contribution in [2.75, 3.05) is 50.7 Å². The van der Waals surface area contributed by atoms with Crippen LogP contribution in [0.2, 0.25) is 0 Å². The highest BCUT2D eigenvalue weighted by Crippen LogP contribution is 2.30. The number of benzene rings is 4. The van der Waals surface area contributed by atoms with Gasteiger partial charge in [0.2, 0.25) is 5.90 Å². The lowest BCUT2D eigenvalue weighted by Crippen LogP contribution is -2.27. The number of ether oxygens (including phenoxy) is 4. The van der Waals surface area contributed by atoms with Crippen molar-refractivity contribution in [1.29, 1.82) is 0 Å². The molecule has 1 aliphatic heterocycles. The quantitative estimate of drug-likeness (QED) is 0.179. The van der Waals surface area contributed by atoms with Crippen molar-refractivity contribution >= 4 is 29.1 Å². The molecule has 0 fully saturated rings. The average molecular weight is 623 g/mol. The number of carbonyl (C=O) groups is 2. The molecular weight excluding hydrogens is 584 g/mol. The molecule has 0 aliphatic carbocycles. The van der Waals surface area contributed by atoms with Gasteiger partial charge in [0.1, 0.15) is 18.1 Å². The van der Waals surface area contributed by atoms with E-state index < -0.39 is 0 Å². The second-order valence-corrected chi connectivity index (χ2v) is 10.6. The van der Waals surface area contributed by atoms with E-state index in [-0.39, 0.29) is 11.8 Å². The lowest BCUT2D eigenvalue weighted by molar-refractivity contribution is 0.0985. The van der Waals surface area contributed by atoms with Crippen molar-refractivity contribution in [3.05, 3.63) is 119 Å². The van der Waals surface area contributed by atoms with Crippen LogP contribution in [0.15, 0.2) is 96.0 Å². The van der Waals surface area contributed by atoms with Gasteiger partial charge in [0.05, 0.1) is 44.7 Å². The van der Waals surface area contributed by atoms with E-state index in [2.05, 4.69) is 10.3 Å². The van der Waals surface area contributed by atoms with E-state index in [1.54, 1.807) is 54.4 Å². The molecule has 0 bridgehead atoms. The van der Waals surface area contributed by atoms with Crippen LogP contribution in [-0.2, 0) is 22.7 Å². The normalized spacial score (nSPS) is 12.2. The Labute approximate surface area is 268 Å². The second-order valence-electron chi connectivity index (χ2n) is 10.6. The van der Waals surface area contributed by atoms with E-state index in [1.807, 2.05) is 48.5 Å². The maximum Gasteiger partial charge on any atom is 0.259 e. The average Bonchev–Trinajstić information content (AvgIpc) is 3.64. The molecule has 0 saturated heterocycles. The Balaban J connectivity index is 1.23. The predicted octanol–water partition coefficient (Wildman–Crippen LogP) is 5.45. The van der Waals surface area contributed by atoms with Gasteiger partial charge in [-0.05, 0) is 67.1 Å². The van der Waals surface area contributed by atoms with Gasteiger partial charge in [-0.15, -0.1) is 0 Å². The second kappa shape index (κ2) is 15.7. The lowest BCUT2D eigenvalue weighted by atomic mass is 10.1. The Hall–Kier alpha value is -5.19. The number of nitrogens with two attached hydrogens (primary N) is 1. The molecule has 0 spiro atoms. The van der Waals surface area contributed by atoms with Crippen LogP contribution in [0.25, 0.3) is 0 Å². The van der Waals surface area contributed by atoms with Crippen LogP contribution in [0.3, 0.4) is 0 Å². The highest BCUT2D eigenvalue weighted by atomic mass is 16.5. The van der Waals surface area contributed by atoms with Crippen molar-refractivity contribution in [2.24, 2.45) is 10.7 Å². The highest BCUT2D eigenvalue weighted by molar-refractivity contribution is 6.09. The lowest BCUT2D eigenvalue weighted by Gasteiger charge is -2.22. The minimum atomic E-state index is -0.361. The van der Waals surface area contributed by atoms with Gasteiger partial charge in [-0.3, -0.25) is 9.59 Å². The summed E-state index contributed by atoms with van der Waals surface area (Å²) in [7, 11) is 3.21. The third kappa shape index (κ3) is 7.90. The monoisotopic (exact) mass is 622 g/mol. The number of carbonyl (C=O) groups excluding carboxylic acids is 2. The Kier molecular flexibility index (Phi) is 11.0. The van der Waals surface area contributed by atoms with Crippen LogP contribution in [0, 0.1) is 0 Å². The van der Waals surface area contributed by atoms with E-state index in [0.717, 1.165) is 22.4 Å². The predicted molar refractivity (Wildman–Crippen MR) is 178 cm³/mol. The molecule has 1 aliphatic rings. The number of para-hydroxylation sites is 2. The number of nitrogens with zero attached hydrogens (tertiary/aromatic N) is 2. The third-order valence-electron chi connectivity index (χ3n) is 7.40. The minimum Gasteiger partial charge on any atom is -0.495 e. The zero-order valence-corrected chi connectivity index (χ0v) is 26.0. The summed E-state index contributed by atoms with van der Waals surface area (Å²) in [6, 6.07) is 27.5. The van der Waals surface area contributed by atoms with Gasteiger partial charge in [-0.2, -0.15) is 0 Å². The zero-order valence-electron chi connectivity index (χ0n) is 26.0. The number of hydrogen-bond acceptors (Lipinski definition) is 8. The number of anilines is 2. The summed E-state index contributed by atoms with van der Waals surface area (Å²) in [4.78, 5) is 32.7. The molecule has 0 atom stereocenters. The van der Waals surface area contributed by atoms with Crippen LogP contribution in [-0.4, -0.2) is 58.2 Å². The number of aliphatic imine (C=N–C) groups is 1. The maximum absolute atomic E-state index is 13.6. The minimum absolute atomic E-state index is 0.241. The molecule has 1 heterocycles. The highest BCUT2D eigenvalue weighted by Gasteiger charge is 2.20. The molecule has 2 amide bonds.